The maximum Gasteiger partial charge on any atom is 0.241 e. The second-order valence-corrected chi connectivity index (χ2v) is 11.6. The van der Waals surface area contributed by atoms with Crippen LogP contribution in [0.5, 0.6) is 0 Å². The van der Waals surface area contributed by atoms with Gasteiger partial charge in [0.2, 0.25) is 11.9 Å². The van der Waals surface area contributed by atoms with Gasteiger partial charge in [0.15, 0.2) is 15.7 Å². The molecule has 0 bridgehead atoms. The van der Waals surface area contributed by atoms with Crippen molar-refractivity contribution in [1.29, 1.82) is 0 Å². The Labute approximate surface area is 226 Å². The number of aryl methyl sites for hydroxylation is 1. The lowest BCUT2D eigenvalue weighted by molar-refractivity contribution is -0.120. The van der Waals surface area contributed by atoms with Crippen LogP contribution in [0.25, 0.3) is 22.2 Å². The Hall–Kier alpha value is -3.87. The van der Waals surface area contributed by atoms with Gasteiger partial charge in [-0.1, -0.05) is 18.2 Å². The summed E-state index contributed by atoms with van der Waals surface area (Å²) >= 11 is 0. The molecule has 1 aliphatic heterocycles. The summed E-state index contributed by atoms with van der Waals surface area (Å²) in [6.45, 7) is 7.13. The first-order valence-corrected chi connectivity index (χ1v) is 14.5. The van der Waals surface area contributed by atoms with E-state index < -0.39 is 20.5 Å². The summed E-state index contributed by atoms with van der Waals surface area (Å²) < 4.78 is 38.7. The van der Waals surface area contributed by atoms with Crippen LogP contribution in [0.2, 0.25) is 0 Å². The van der Waals surface area contributed by atoms with Gasteiger partial charge in [-0.05, 0) is 37.6 Å². The molecule has 10 nitrogen and oxygen atoms in total. The molecule has 1 saturated heterocycles. The molecule has 3 heterocycles. The van der Waals surface area contributed by atoms with Crippen molar-refractivity contribution in [3.05, 3.63) is 60.2 Å². The highest BCUT2D eigenvalue weighted by Gasteiger charge is 2.24. The molecule has 5 rings (SSSR count). The van der Waals surface area contributed by atoms with Gasteiger partial charge in [-0.2, -0.15) is 0 Å². The van der Waals surface area contributed by atoms with Crippen LogP contribution < -0.4 is 16.0 Å². The number of hydrogen-bond acceptors (Lipinski definition) is 8. The van der Waals surface area contributed by atoms with Crippen LogP contribution in [0.1, 0.15) is 12.5 Å². The molecule has 4 N–H and O–H groups in total. The molecule has 0 unspecified atom stereocenters. The summed E-state index contributed by atoms with van der Waals surface area (Å²) in [5.74, 6) is -0.861. The third-order valence-electron chi connectivity index (χ3n) is 6.89. The monoisotopic (exact) mass is 551 g/mol. The number of piperazine rings is 1. The van der Waals surface area contributed by atoms with Crippen LogP contribution in [-0.4, -0.2) is 72.7 Å². The van der Waals surface area contributed by atoms with Crippen LogP contribution in [-0.2, 0) is 14.6 Å². The van der Waals surface area contributed by atoms with E-state index in [1.54, 1.807) is 6.20 Å². The van der Waals surface area contributed by atoms with Crippen molar-refractivity contribution in [2.24, 2.45) is 0 Å². The van der Waals surface area contributed by atoms with Gasteiger partial charge in [0.05, 0.1) is 28.6 Å². The van der Waals surface area contributed by atoms with Gasteiger partial charge in [-0.3, -0.25) is 9.69 Å². The highest BCUT2D eigenvalue weighted by atomic mass is 32.2. The molecule has 12 heteroatoms. The zero-order chi connectivity index (χ0) is 27.7. The number of rotatable bonds is 7. The lowest BCUT2D eigenvalue weighted by atomic mass is 10.1. The molecule has 2 aromatic heterocycles. The van der Waals surface area contributed by atoms with Crippen molar-refractivity contribution >= 4 is 44.0 Å². The summed E-state index contributed by atoms with van der Waals surface area (Å²) in [5, 5.41) is 10.0. The van der Waals surface area contributed by atoms with E-state index in [0.717, 1.165) is 54.5 Å². The molecule has 204 valence electrons. The van der Waals surface area contributed by atoms with Crippen LogP contribution in [0.15, 0.2) is 53.7 Å². The van der Waals surface area contributed by atoms with E-state index >= 15 is 0 Å². The first-order chi connectivity index (χ1) is 18.6. The number of aromatic amines is 1. The van der Waals surface area contributed by atoms with Crippen LogP contribution in [0.3, 0.4) is 0 Å². The molecular weight excluding hydrogens is 521 g/mol. The quantitative estimate of drug-likeness (QED) is 0.275. The Balaban J connectivity index is 1.44. The molecule has 1 amide bonds. The fraction of sp³-hybridized carbons (Fsp3) is 0.296. The van der Waals surface area contributed by atoms with Crippen molar-refractivity contribution in [1.82, 2.24) is 25.2 Å². The first kappa shape index (κ1) is 26.7. The maximum absolute atomic E-state index is 14.9. The van der Waals surface area contributed by atoms with E-state index in [1.165, 1.54) is 18.2 Å². The summed E-state index contributed by atoms with van der Waals surface area (Å²) in [4.78, 5) is 26.9. The van der Waals surface area contributed by atoms with Gasteiger partial charge in [-0.25, -0.2) is 22.8 Å². The van der Waals surface area contributed by atoms with Crippen molar-refractivity contribution in [3.8, 4) is 11.3 Å². The van der Waals surface area contributed by atoms with E-state index in [1.807, 2.05) is 38.2 Å². The molecule has 1 aliphatic rings. The number of halogens is 1. The molecule has 4 aromatic rings. The third kappa shape index (κ3) is 5.49. The summed E-state index contributed by atoms with van der Waals surface area (Å²) in [7, 11) is -3.74. The van der Waals surface area contributed by atoms with Crippen molar-refractivity contribution in [2.45, 2.75) is 24.8 Å². The van der Waals surface area contributed by atoms with E-state index in [4.69, 9.17) is 0 Å². The van der Waals surface area contributed by atoms with Crippen LogP contribution in [0, 0.1) is 12.7 Å². The highest BCUT2D eigenvalue weighted by molar-refractivity contribution is 7.90. The number of carbonyl (C=O) groups excluding carboxylic acids is 1. The molecule has 0 aliphatic carbocycles. The minimum atomic E-state index is -3.74. The molecule has 2 aromatic carbocycles. The molecule has 0 saturated carbocycles. The van der Waals surface area contributed by atoms with Gasteiger partial charge < -0.3 is 20.9 Å². The number of sulfone groups is 1. The van der Waals surface area contributed by atoms with E-state index in [2.05, 4.69) is 35.8 Å². The fourth-order valence-electron chi connectivity index (χ4n) is 4.72. The van der Waals surface area contributed by atoms with E-state index in [-0.39, 0.29) is 23.6 Å². The molecule has 0 radical (unpaired) electrons. The minimum absolute atomic E-state index is 0.0461. The number of anilines is 3. The zero-order valence-electron chi connectivity index (χ0n) is 21.9. The zero-order valence-corrected chi connectivity index (χ0v) is 22.7. The molecule has 1 atom stereocenters. The van der Waals surface area contributed by atoms with Crippen molar-refractivity contribution in [2.75, 3.05) is 43.1 Å². The highest BCUT2D eigenvalue weighted by Crippen LogP contribution is 2.34. The Bertz CT molecular complexity index is 1650. The average molecular weight is 552 g/mol. The van der Waals surface area contributed by atoms with Gasteiger partial charge >= 0.3 is 0 Å². The molecule has 39 heavy (non-hydrogen) atoms. The standard InChI is InChI=1S/C27H30FN7O3S/c1-16-14-31-27(33-20-7-5-9-22(23(20)28)39(3,37)38)34-24(16)19-15-30-25-18(19)6-4-8-21(25)32-26(36)17(2)35-12-10-29-11-13-35/h4-9,14-15,17,29-30H,10-13H2,1-3H3,(H,32,36)(H,31,33,34)/t17-/m1/s1. The summed E-state index contributed by atoms with van der Waals surface area (Å²) in [6, 6.07) is 9.47. The largest absolute Gasteiger partial charge is 0.359 e. The smallest absolute Gasteiger partial charge is 0.241 e. The Morgan fingerprint density at radius 1 is 1.13 bits per heavy atom. The van der Waals surface area contributed by atoms with Crippen molar-refractivity contribution < 1.29 is 17.6 Å². The number of carbonyl (C=O) groups is 1. The lowest BCUT2D eigenvalue weighted by Gasteiger charge is -2.31. The van der Waals surface area contributed by atoms with Crippen LogP contribution in [0.4, 0.5) is 21.7 Å². The first-order valence-electron chi connectivity index (χ1n) is 12.6. The molecule has 0 spiro atoms. The number of fused-ring (bicyclic) bond motifs is 1. The second kappa shape index (κ2) is 10.7. The second-order valence-electron chi connectivity index (χ2n) is 9.62. The fourth-order valence-corrected chi connectivity index (χ4v) is 5.48. The number of hydrogen-bond donors (Lipinski definition) is 4. The molecular formula is C27H30FN7O3S. The normalized spacial score (nSPS) is 15.3. The van der Waals surface area contributed by atoms with Gasteiger partial charge in [0.25, 0.3) is 0 Å². The van der Waals surface area contributed by atoms with Crippen LogP contribution >= 0.6 is 0 Å². The number of benzene rings is 2. The molecule has 1 fully saturated rings. The topological polar surface area (TPSA) is 132 Å². The number of amides is 1. The average Bonchev–Trinajstić information content (AvgIpc) is 3.35. The Morgan fingerprint density at radius 3 is 2.59 bits per heavy atom. The number of H-pyrrole nitrogens is 1. The van der Waals surface area contributed by atoms with Gasteiger partial charge in [-0.15, -0.1) is 0 Å². The van der Waals surface area contributed by atoms with E-state index in [0.29, 0.717) is 11.4 Å². The Kier molecular flexibility index (Phi) is 7.34. The Morgan fingerprint density at radius 2 is 1.85 bits per heavy atom. The number of nitrogens with zero attached hydrogens (tertiary/aromatic N) is 3. The minimum Gasteiger partial charge on any atom is -0.359 e. The number of para-hydroxylation sites is 1. The van der Waals surface area contributed by atoms with Gasteiger partial charge in [0.1, 0.15) is 4.90 Å². The van der Waals surface area contributed by atoms with Gasteiger partial charge in [0, 0.05) is 55.8 Å². The summed E-state index contributed by atoms with van der Waals surface area (Å²) in [5.41, 5.74) is 3.55. The summed E-state index contributed by atoms with van der Waals surface area (Å²) in [6.07, 6.45) is 4.38. The van der Waals surface area contributed by atoms with Crippen molar-refractivity contribution in [3.63, 3.8) is 0 Å². The number of aromatic nitrogens is 3. The third-order valence-corrected chi connectivity index (χ3v) is 8.00. The van der Waals surface area contributed by atoms with E-state index in [9.17, 15) is 17.6 Å². The maximum atomic E-state index is 14.9. The predicted molar refractivity (Wildman–Crippen MR) is 149 cm³/mol. The predicted octanol–water partition coefficient (Wildman–Crippen LogP) is 3.45. The SMILES string of the molecule is Cc1cnc(Nc2cccc(S(C)(=O)=O)c2F)nc1-c1c[nH]c2c(NC(=O)[C@@H](C)N3CCNCC3)cccc12. The lowest BCUT2D eigenvalue weighted by Crippen LogP contribution is -2.51. The number of nitrogens with one attached hydrogen (secondary N) is 4.